The van der Waals surface area contributed by atoms with Crippen molar-refractivity contribution in [1.29, 1.82) is 5.26 Å². The van der Waals surface area contributed by atoms with Crippen molar-refractivity contribution < 1.29 is 0 Å². The lowest BCUT2D eigenvalue weighted by Crippen LogP contribution is -2.25. The van der Waals surface area contributed by atoms with Crippen LogP contribution in [0.3, 0.4) is 0 Å². The first-order chi connectivity index (χ1) is 6.81. The zero-order valence-corrected chi connectivity index (χ0v) is 9.42. The van der Waals surface area contributed by atoms with Gasteiger partial charge < -0.3 is 5.32 Å². The summed E-state index contributed by atoms with van der Waals surface area (Å²) in [6.45, 7) is 5.01. The molecule has 0 radical (unpaired) electrons. The molecule has 0 saturated carbocycles. The Balaban J connectivity index is 3.07. The van der Waals surface area contributed by atoms with Crippen molar-refractivity contribution in [1.82, 2.24) is 5.32 Å². The number of nitrogens with one attached hydrogen (secondary N) is 1. The highest BCUT2D eigenvalue weighted by atomic mass is 14.9. The van der Waals surface area contributed by atoms with Crippen molar-refractivity contribution in [3.63, 3.8) is 0 Å². The van der Waals surface area contributed by atoms with Crippen LogP contribution < -0.4 is 5.32 Å². The molecule has 80 valence electrons. The molecular formula is C12H22N2. The highest BCUT2D eigenvalue weighted by molar-refractivity contribution is 4.85. The van der Waals surface area contributed by atoms with E-state index >= 15 is 0 Å². The highest BCUT2D eigenvalue weighted by Crippen LogP contribution is 2.00. The third kappa shape index (κ3) is 9.28. The second-order valence-corrected chi connectivity index (χ2v) is 3.53. The fourth-order valence-electron chi connectivity index (χ4n) is 1.21. The zero-order valence-electron chi connectivity index (χ0n) is 9.42. The monoisotopic (exact) mass is 194 g/mol. The van der Waals surface area contributed by atoms with Crippen LogP contribution in [0.2, 0.25) is 0 Å². The van der Waals surface area contributed by atoms with Gasteiger partial charge in [0.05, 0.1) is 12.1 Å². The van der Waals surface area contributed by atoms with Gasteiger partial charge in [-0.1, -0.05) is 25.5 Å². The summed E-state index contributed by atoms with van der Waals surface area (Å²) in [4.78, 5) is 0. The molecule has 14 heavy (non-hydrogen) atoms. The van der Waals surface area contributed by atoms with Gasteiger partial charge in [0.2, 0.25) is 0 Å². The second kappa shape index (κ2) is 10.3. The minimum atomic E-state index is -0.00464. The maximum Gasteiger partial charge on any atom is 0.0924 e. The molecule has 0 aromatic rings. The van der Waals surface area contributed by atoms with Crippen LogP contribution in [0.15, 0.2) is 12.2 Å². The van der Waals surface area contributed by atoms with Gasteiger partial charge >= 0.3 is 0 Å². The molecule has 0 rings (SSSR count). The lowest BCUT2D eigenvalue weighted by atomic mass is 10.2. The molecular weight excluding hydrogens is 172 g/mol. The van der Waals surface area contributed by atoms with E-state index in [2.05, 4.69) is 30.5 Å². The molecule has 2 heteroatoms. The topological polar surface area (TPSA) is 35.8 Å². The molecule has 0 amide bonds. The molecule has 1 atom stereocenters. The third-order valence-electron chi connectivity index (χ3n) is 2.09. The van der Waals surface area contributed by atoms with E-state index in [4.69, 9.17) is 5.26 Å². The van der Waals surface area contributed by atoms with E-state index in [0.29, 0.717) is 0 Å². The van der Waals surface area contributed by atoms with Gasteiger partial charge in [-0.2, -0.15) is 5.26 Å². The van der Waals surface area contributed by atoms with E-state index in [0.717, 1.165) is 13.0 Å². The van der Waals surface area contributed by atoms with Gasteiger partial charge in [-0.25, -0.2) is 0 Å². The predicted molar refractivity (Wildman–Crippen MR) is 61.0 cm³/mol. The Labute approximate surface area is 88.0 Å². The van der Waals surface area contributed by atoms with E-state index in [1.54, 1.807) is 0 Å². The maximum atomic E-state index is 8.51. The lowest BCUT2D eigenvalue weighted by molar-refractivity contribution is 0.582. The first-order valence-electron chi connectivity index (χ1n) is 5.59. The summed E-state index contributed by atoms with van der Waals surface area (Å²) < 4.78 is 0. The third-order valence-corrected chi connectivity index (χ3v) is 2.09. The van der Waals surface area contributed by atoms with Gasteiger partial charge in [0.25, 0.3) is 0 Å². The Bertz CT molecular complexity index is 179. The molecule has 0 bridgehead atoms. The average Bonchev–Trinajstić information content (AvgIpc) is 2.21. The number of nitrogens with zero attached hydrogens (tertiary/aromatic N) is 1. The first kappa shape index (κ1) is 13.2. The number of hydrogen-bond acceptors (Lipinski definition) is 2. The number of allylic oxidation sites excluding steroid dienone is 2. The number of hydrogen-bond donors (Lipinski definition) is 1. The van der Waals surface area contributed by atoms with Gasteiger partial charge in [0, 0.05) is 0 Å². The molecule has 0 aliphatic rings. The largest absolute Gasteiger partial charge is 0.302 e. The molecule has 0 saturated heterocycles. The van der Waals surface area contributed by atoms with Crippen molar-refractivity contribution in [2.24, 2.45) is 0 Å². The quantitative estimate of drug-likeness (QED) is 0.476. The van der Waals surface area contributed by atoms with Crippen LogP contribution in [-0.4, -0.2) is 12.6 Å². The zero-order chi connectivity index (χ0) is 10.6. The van der Waals surface area contributed by atoms with Gasteiger partial charge in [-0.05, 0) is 39.2 Å². The summed E-state index contributed by atoms with van der Waals surface area (Å²) in [6, 6.07) is 2.16. The number of rotatable bonds is 8. The molecule has 0 fully saturated rings. The fraction of sp³-hybridized carbons (Fsp3) is 0.750. The van der Waals surface area contributed by atoms with Crippen molar-refractivity contribution in [3.05, 3.63) is 12.2 Å². The summed E-state index contributed by atoms with van der Waals surface area (Å²) >= 11 is 0. The van der Waals surface area contributed by atoms with Gasteiger partial charge in [0.15, 0.2) is 0 Å². The molecule has 0 heterocycles. The standard InChI is InChI=1S/C12H22N2/c1-3-4-5-6-7-8-9-10-14-12(2)11-13/h4-5,12,14H,3,6-10H2,1-2H3/b5-4+. The smallest absolute Gasteiger partial charge is 0.0924 e. The van der Waals surface area contributed by atoms with E-state index in [-0.39, 0.29) is 6.04 Å². The lowest BCUT2D eigenvalue weighted by Gasteiger charge is -2.04. The van der Waals surface area contributed by atoms with Crippen molar-refractivity contribution >= 4 is 0 Å². The molecule has 0 aromatic heterocycles. The average molecular weight is 194 g/mol. The number of unbranched alkanes of at least 4 members (excludes halogenated alkanes) is 3. The summed E-state index contributed by atoms with van der Waals surface area (Å²) in [7, 11) is 0. The SMILES string of the molecule is CC/C=C/CCCCCNC(C)C#N. The Morgan fingerprint density at radius 3 is 2.71 bits per heavy atom. The minimum Gasteiger partial charge on any atom is -0.302 e. The molecule has 0 aromatic carbocycles. The van der Waals surface area contributed by atoms with Crippen LogP contribution in [0.4, 0.5) is 0 Å². The molecule has 1 unspecified atom stereocenters. The van der Waals surface area contributed by atoms with Crippen LogP contribution in [-0.2, 0) is 0 Å². The predicted octanol–water partition coefficient (Wildman–Crippen LogP) is 3.01. The summed E-state index contributed by atoms with van der Waals surface area (Å²) in [5.74, 6) is 0. The molecule has 0 spiro atoms. The molecule has 0 aliphatic heterocycles. The van der Waals surface area contributed by atoms with Crippen LogP contribution in [0, 0.1) is 11.3 Å². The van der Waals surface area contributed by atoms with Gasteiger partial charge in [-0.15, -0.1) is 0 Å². The van der Waals surface area contributed by atoms with Crippen LogP contribution in [0.5, 0.6) is 0 Å². The summed E-state index contributed by atoms with van der Waals surface area (Å²) in [5, 5.41) is 11.7. The molecule has 0 aliphatic carbocycles. The Kier molecular flexibility index (Phi) is 9.68. The van der Waals surface area contributed by atoms with Gasteiger partial charge in [0.1, 0.15) is 0 Å². The molecule has 2 nitrogen and oxygen atoms in total. The fourth-order valence-corrected chi connectivity index (χ4v) is 1.21. The number of nitriles is 1. The van der Waals surface area contributed by atoms with E-state index in [9.17, 15) is 0 Å². The van der Waals surface area contributed by atoms with Crippen molar-refractivity contribution in [2.75, 3.05) is 6.54 Å². The van der Waals surface area contributed by atoms with Crippen LogP contribution >= 0.6 is 0 Å². The van der Waals surface area contributed by atoms with Gasteiger partial charge in [-0.3, -0.25) is 0 Å². The summed E-state index contributed by atoms with van der Waals surface area (Å²) in [5.41, 5.74) is 0. The van der Waals surface area contributed by atoms with E-state index in [1.807, 2.05) is 6.92 Å². The summed E-state index contributed by atoms with van der Waals surface area (Å²) in [6.07, 6.45) is 10.5. The van der Waals surface area contributed by atoms with E-state index < -0.39 is 0 Å². The normalized spacial score (nSPS) is 12.9. The Hall–Kier alpha value is -0.810. The van der Waals surface area contributed by atoms with Crippen LogP contribution in [0.1, 0.15) is 46.0 Å². The highest BCUT2D eigenvalue weighted by Gasteiger charge is 1.95. The Morgan fingerprint density at radius 2 is 2.07 bits per heavy atom. The molecule has 1 N–H and O–H groups in total. The maximum absolute atomic E-state index is 8.51. The minimum absolute atomic E-state index is 0.00464. The van der Waals surface area contributed by atoms with Crippen LogP contribution in [0.25, 0.3) is 0 Å². The van der Waals surface area contributed by atoms with Crippen molar-refractivity contribution in [3.8, 4) is 6.07 Å². The van der Waals surface area contributed by atoms with Crippen molar-refractivity contribution in [2.45, 2.75) is 52.0 Å². The first-order valence-corrected chi connectivity index (χ1v) is 5.59. The van der Waals surface area contributed by atoms with E-state index in [1.165, 1.54) is 25.7 Å². The second-order valence-electron chi connectivity index (χ2n) is 3.53. The Morgan fingerprint density at radius 1 is 1.29 bits per heavy atom.